The molecule has 1 amide bonds. The molecule has 0 saturated heterocycles. The number of carboxylic acid groups (broad SMARTS) is 1. The first kappa shape index (κ1) is 16.1. The normalized spacial score (nSPS) is 12.7. The van der Waals surface area contributed by atoms with Crippen LogP contribution in [0.15, 0.2) is 46.7 Å². The van der Waals surface area contributed by atoms with Crippen LogP contribution in [0.2, 0.25) is 0 Å². The van der Waals surface area contributed by atoms with Gasteiger partial charge in [0.25, 0.3) is 5.91 Å². The molecule has 0 aliphatic carbocycles. The van der Waals surface area contributed by atoms with E-state index >= 15 is 0 Å². The first-order valence-corrected chi connectivity index (χ1v) is 8.36. The maximum atomic E-state index is 12.2. The van der Waals surface area contributed by atoms with Gasteiger partial charge in [0.2, 0.25) is 10.0 Å². The van der Waals surface area contributed by atoms with E-state index in [1.807, 2.05) is 0 Å². The highest BCUT2D eigenvalue weighted by Crippen LogP contribution is 2.22. The van der Waals surface area contributed by atoms with Crippen molar-refractivity contribution in [1.29, 1.82) is 0 Å². The van der Waals surface area contributed by atoms with Crippen LogP contribution in [0.1, 0.15) is 21.3 Å². The van der Waals surface area contributed by atoms with E-state index in [9.17, 15) is 23.1 Å². The maximum Gasteiger partial charge on any atom is 0.326 e. The Bertz CT molecular complexity index is 799. The zero-order chi connectivity index (χ0) is 16.3. The number of carboxylic acids is 1. The lowest BCUT2D eigenvalue weighted by molar-refractivity contribution is -0.139. The zero-order valence-electron chi connectivity index (χ0n) is 11.1. The molecule has 0 aliphatic heterocycles. The topological polar surface area (TPSA) is 127 Å². The number of carbonyl (C=O) groups excluding carboxylic acids is 1. The van der Waals surface area contributed by atoms with E-state index in [1.165, 1.54) is 17.5 Å². The van der Waals surface area contributed by atoms with Gasteiger partial charge in [-0.1, -0.05) is 30.3 Å². The van der Waals surface area contributed by atoms with Gasteiger partial charge in [0.05, 0.1) is 9.77 Å². The summed E-state index contributed by atoms with van der Waals surface area (Å²) in [7, 11) is -4.09. The van der Waals surface area contributed by atoms with Crippen LogP contribution in [0.25, 0.3) is 0 Å². The summed E-state index contributed by atoms with van der Waals surface area (Å²) in [4.78, 5) is 22.2. The summed E-state index contributed by atoms with van der Waals surface area (Å²) in [6, 6.07) is 7.59. The Morgan fingerprint density at radius 1 is 1.23 bits per heavy atom. The van der Waals surface area contributed by atoms with Crippen molar-refractivity contribution in [3.8, 4) is 0 Å². The Morgan fingerprint density at radius 3 is 2.36 bits per heavy atom. The van der Waals surface area contributed by atoms with Gasteiger partial charge in [-0.25, -0.2) is 8.42 Å². The highest BCUT2D eigenvalue weighted by atomic mass is 32.2. The van der Waals surface area contributed by atoms with E-state index in [1.54, 1.807) is 18.2 Å². The van der Waals surface area contributed by atoms with Gasteiger partial charge in [-0.3, -0.25) is 9.59 Å². The minimum atomic E-state index is -4.09. The Labute approximate surface area is 130 Å². The van der Waals surface area contributed by atoms with Gasteiger partial charge in [-0.2, -0.15) is 4.72 Å². The Hall–Kier alpha value is -2.23. The van der Waals surface area contributed by atoms with Gasteiger partial charge >= 0.3 is 5.97 Å². The number of hydrogen-bond acceptors (Lipinski definition) is 5. The van der Waals surface area contributed by atoms with Crippen molar-refractivity contribution in [2.75, 3.05) is 0 Å². The molecule has 4 N–H and O–H groups in total. The number of aliphatic carboxylic acids is 1. The third-order valence-corrected chi connectivity index (χ3v) is 5.28. The highest BCUT2D eigenvalue weighted by Gasteiger charge is 2.27. The van der Waals surface area contributed by atoms with Crippen LogP contribution >= 0.6 is 11.3 Å². The molecule has 0 bridgehead atoms. The van der Waals surface area contributed by atoms with Gasteiger partial charge in [0, 0.05) is 5.38 Å². The van der Waals surface area contributed by atoms with Crippen molar-refractivity contribution in [3.63, 3.8) is 0 Å². The van der Waals surface area contributed by atoms with Crippen LogP contribution in [0, 0.1) is 0 Å². The minimum absolute atomic E-state index is 0.0759. The van der Waals surface area contributed by atoms with E-state index in [2.05, 4.69) is 4.72 Å². The monoisotopic (exact) mass is 340 g/mol. The van der Waals surface area contributed by atoms with Crippen LogP contribution in [-0.4, -0.2) is 25.4 Å². The second-order valence-corrected chi connectivity index (χ2v) is 6.94. The fourth-order valence-corrected chi connectivity index (χ4v) is 4.02. The number of nitrogens with two attached hydrogens (primary N) is 1. The molecule has 0 saturated carbocycles. The summed E-state index contributed by atoms with van der Waals surface area (Å²) in [5.74, 6) is -2.08. The van der Waals surface area contributed by atoms with Crippen LogP contribution in [0.5, 0.6) is 0 Å². The molecule has 2 aromatic rings. The summed E-state index contributed by atoms with van der Waals surface area (Å²) in [6.45, 7) is 0. The lowest BCUT2D eigenvalue weighted by Gasteiger charge is -2.14. The second-order valence-electron chi connectivity index (χ2n) is 4.31. The molecule has 1 unspecified atom stereocenters. The molecular formula is C13H12N2O5S2. The lowest BCUT2D eigenvalue weighted by Crippen LogP contribution is -2.33. The summed E-state index contributed by atoms with van der Waals surface area (Å²) < 4.78 is 26.6. The van der Waals surface area contributed by atoms with Gasteiger partial charge in [0.15, 0.2) is 0 Å². The average Bonchev–Trinajstić information content (AvgIpc) is 2.96. The third kappa shape index (κ3) is 3.50. The zero-order valence-corrected chi connectivity index (χ0v) is 12.7. The maximum absolute atomic E-state index is 12.2. The number of carbonyl (C=O) groups is 2. The highest BCUT2D eigenvalue weighted by molar-refractivity contribution is 7.89. The number of rotatable bonds is 6. The van der Waals surface area contributed by atoms with Crippen LogP contribution in [0.4, 0.5) is 0 Å². The summed E-state index contributed by atoms with van der Waals surface area (Å²) >= 11 is 0.875. The molecule has 1 aromatic heterocycles. The summed E-state index contributed by atoms with van der Waals surface area (Å²) in [6.07, 6.45) is 0. The van der Waals surface area contributed by atoms with Crippen molar-refractivity contribution < 1.29 is 23.1 Å². The average molecular weight is 340 g/mol. The predicted molar refractivity (Wildman–Crippen MR) is 80.0 cm³/mol. The fraction of sp³-hybridized carbons (Fsp3) is 0.0769. The molecule has 1 atom stereocenters. The van der Waals surface area contributed by atoms with Gasteiger partial charge in [0.1, 0.15) is 6.04 Å². The second kappa shape index (κ2) is 6.26. The van der Waals surface area contributed by atoms with Crippen LogP contribution in [0.3, 0.4) is 0 Å². The number of thiophene rings is 1. The molecule has 1 aromatic carbocycles. The van der Waals surface area contributed by atoms with Crippen molar-refractivity contribution >= 4 is 33.2 Å². The van der Waals surface area contributed by atoms with E-state index in [4.69, 9.17) is 5.73 Å². The molecule has 116 valence electrons. The first-order chi connectivity index (χ1) is 10.3. The Morgan fingerprint density at radius 2 is 1.86 bits per heavy atom. The molecule has 0 radical (unpaired) electrons. The van der Waals surface area contributed by atoms with Gasteiger partial charge in [-0.15, -0.1) is 11.3 Å². The van der Waals surface area contributed by atoms with E-state index in [0.717, 1.165) is 17.4 Å². The van der Waals surface area contributed by atoms with Gasteiger partial charge < -0.3 is 10.8 Å². The smallest absolute Gasteiger partial charge is 0.326 e. The molecule has 9 heteroatoms. The third-order valence-electron chi connectivity index (χ3n) is 2.78. The number of sulfonamides is 1. The molecule has 2 rings (SSSR count). The summed E-state index contributed by atoms with van der Waals surface area (Å²) in [5.41, 5.74) is 5.37. The van der Waals surface area contributed by atoms with Crippen molar-refractivity contribution in [2.24, 2.45) is 5.73 Å². The molecule has 7 nitrogen and oxygen atoms in total. The van der Waals surface area contributed by atoms with Gasteiger partial charge in [-0.05, 0) is 11.6 Å². The number of benzene rings is 1. The predicted octanol–water partition coefficient (Wildman–Crippen LogP) is 0.951. The standard InChI is InChI=1S/C13H12N2O5S2/c14-12(16)10-6-9(7-21-10)22(19,20)15-11(13(17)18)8-4-2-1-3-5-8/h1-7,11,15H,(H2,14,16)(H,17,18). The van der Waals surface area contributed by atoms with E-state index in [0.29, 0.717) is 5.56 Å². The van der Waals surface area contributed by atoms with Crippen molar-refractivity contribution in [1.82, 2.24) is 4.72 Å². The Balaban J connectivity index is 2.32. The molecule has 0 aliphatic rings. The van der Waals surface area contributed by atoms with Crippen molar-refractivity contribution in [3.05, 3.63) is 52.2 Å². The lowest BCUT2D eigenvalue weighted by atomic mass is 10.1. The van der Waals surface area contributed by atoms with Crippen LogP contribution < -0.4 is 10.5 Å². The van der Waals surface area contributed by atoms with E-state index in [-0.39, 0.29) is 9.77 Å². The Kier molecular flexibility index (Phi) is 4.59. The molecule has 0 fully saturated rings. The quantitative estimate of drug-likeness (QED) is 0.721. The number of hydrogen-bond donors (Lipinski definition) is 3. The molecule has 1 heterocycles. The minimum Gasteiger partial charge on any atom is -0.480 e. The first-order valence-electron chi connectivity index (χ1n) is 5.99. The molecular weight excluding hydrogens is 328 g/mol. The number of amides is 1. The number of nitrogens with one attached hydrogen (secondary N) is 1. The largest absolute Gasteiger partial charge is 0.480 e. The summed E-state index contributed by atoms with van der Waals surface area (Å²) in [5, 5.41) is 10.5. The molecule has 0 spiro atoms. The SMILES string of the molecule is NC(=O)c1cc(S(=O)(=O)NC(C(=O)O)c2ccccc2)cs1. The van der Waals surface area contributed by atoms with Crippen molar-refractivity contribution in [2.45, 2.75) is 10.9 Å². The fourth-order valence-electron chi connectivity index (χ4n) is 1.72. The molecule has 22 heavy (non-hydrogen) atoms. The van der Waals surface area contributed by atoms with Crippen LogP contribution in [-0.2, 0) is 14.8 Å². The number of primary amides is 1. The van der Waals surface area contributed by atoms with E-state index < -0.39 is 27.9 Å².